The molecule has 0 aromatic heterocycles. The Bertz CT molecular complexity index is 566. The van der Waals surface area contributed by atoms with Crippen LogP contribution in [0, 0.1) is 18.6 Å². The van der Waals surface area contributed by atoms with Crippen LogP contribution in [0.2, 0.25) is 0 Å². The van der Waals surface area contributed by atoms with Crippen LogP contribution in [-0.4, -0.2) is 6.04 Å². The molecule has 19 heavy (non-hydrogen) atoms. The molecule has 0 saturated heterocycles. The van der Waals surface area contributed by atoms with Crippen LogP contribution in [0.4, 0.5) is 14.5 Å². The topological polar surface area (TPSA) is 12.0 Å². The fourth-order valence-electron chi connectivity index (χ4n) is 2.09. The Kier molecular flexibility index (Phi) is 4.15. The summed E-state index contributed by atoms with van der Waals surface area (Å²) in [6, 6.07) is 11.7. The number of benzene rings is 2. The van der Waals surface area contributed by atoms with E-state index in [2.05, 4.69) is 5.32 Å². The van der Waals surface area contributed by atoms with E-state index in [0.29, 0.717) is 12.0 Å². The Morgan fingerprint density at radius 2 is 1.89 bits per heavy atom. The van der Waals surface area contributed by atoms with Gasteiger partial charge in [0.2, 0.25) is 0 Å². The minimum Gasteiger partial charge on any atom is -0.382 e. The summed E-state index contributed by atoms with van der Waals surface area (Å²) in [5.74, 6) is -0.425. The minimum atomic E-state index is -0.220. The molecule has 0 amide bonds. The molecule has 0 spiro atoms. The summed E-state index contributed by atoms with van der Waals surface area (Å²) >= 11 is 0. The van der Waals surface area contributed by atoms with Crippen LogP contribution in [0.15, 0.2) is 42.5 Å². The molecule has 0 heterocycles. The van der Waals surface area contributed by atoms with Crippen LogP contribution in [0.1, 0.15) is 18.1 Å². The maximum absolute atomic E-state index is 13.2. The lowest BCUT2D eigenvalue weighted by atomic mass is 10.1. The SMILES string of the molecule is Cc1cc(NC(C)Cc2cccc(F)c2)ccc1F. The van der Waals surface area contributed by atoms with E-state index in [9.17, 15) is 8.78 Å². The standard InChI is InChI=1S/C16H17F2N/c1-11-8-15(6-7-16(11)18)19-12(2)9-13-4-3-5-14(17)10-13/h3-8,10,12,19H,9H2,1-2H3. The van der Waals surface area contributed by atoms with E-state index in [1.165, 1.54) is 18.2 Å². The molecular weight excluding hydrogens is 244 g/mol. The summed E-state index contributed by atoms with van der Waals surface area (Å²) < 4.78 is 26.2. The molecule has 1 nitrogen and oxygen atoms in total. The van der Waals surface area contributed by atoms with E-state index in [-0.39, 0.29) is 17.7 Å². The van der Waals surface area contributed by atoms with Crippen molar-refractivity contribution in [3.63, 3.8) is 0 Å². The number of aryl methyl sites for hydroxylation is 1. The summed E-state index contributed by atoms with van der Waals surface area (Å²) in [7, 11) is 0. The molecule has 100 valence electrons. The third-order valence-corrected chi connectivity index (χ3v) is 3.00. The van der Waals surface area contributed by atoms with Crippen molar-refractivity contribution >= 4 is 5.69 Å². The van der Waals surface area contributed by atoms with Gasteiger partial charge in [0, 0.05) is 11.7 Å². The number of halogens is 2. The van der Waals surface area contributed by atoms with Crippen LogP contribution >= 0.6 is 0 Å². The number of nitrogens with one attached hydrogen (secondary N) is 1. The normalized spacial score (nSPS) is 12.2. The Balaban J connectivity index is 2.01. The van der Waals surface area contributed by atoms with E-state index in [4.69, 9.17) is 0 Å². The Hall–Kier alpha value is -1.90. The molecule has 2 rings (SSSR count). The van der Waals surface area contributed by atoms with Crippen molar-refractivity contribution in [2.45, 2.75) is 26.3 Å². The Labute approximate surface area is 112 Å². The van der Waals surface area contributed by atoms with Gasteiger partial charge >= 0.3 is 0 Å². The van der Waals surface area contributed by atoms with Gasteiger partial charge in [0.1, 0.15) is 11.6 Å². The maximum Gasteiger partial charge on any atom is 0.126 e. The predicted molar refractivity (Wildman–Crippen MR) is 74.3 cm³/mol. The van der Waals surface area contributed by atoms with Gasteiger partial charge < -0.3 is 5.32 Å². The van der Waals surface area contributed by atoms with E-state index >= 15 is 0 Å². The second kappa shape index (κ2) is 5.83. The fourth-order valence-corrected chi connectivity index (χ4v) is 2.09. The molecule has 2 aromatic carbocycles. The molecule has 0 aliphatic carbocycles. The molecule has 2 aromatic rings. The highest BCUT2D eigenvalue weighted by molar-refractivity contribution is 5.46. The van der Waals surface area contributed by atoms with E-state index < -0.39 is 0 Å². The molecule has 0 radical (unpaired) electrons. The number of hydrogen-bond acceptors (Lipinski definition) is 1. The highest BCUT2D eigenvalue weighted by atomic mass is 19.1. The highest BCUT2D eigenvalue weighted by Crippen LogP contribution is 2.16. The van der Waals surface area contributed by atoms with Crippen molar-refractivity contribution in [3.05, 3.63) is 65.2 Å². The first-order valence-electron chi connectivity index (χ1n) is 6.32. The number of rotatable bonds is 4. The smallest absolute Gasteiger partial charge is 0.126 e. The van der Waals surface area contributed by atoms with Gasteiger partial charge in [-0.3, -0.25) is 0 Å². The van der Waals surface area contributed by atoms with Crippen molar-refractivity contribution in [2.75, 3.05) is 5.32 Å². The molecule has 0 bridgehead atoms. The number of anilines is 1. The van der Waals surface area contributed by atoms with Gasteiger partial charge in [0.25, 0.3) is 0 Å². The molecule has 0 aliphatic heterocycles. The van der Waals surface area contributed by atoms with Crippen molar-refractivity contribution in [1.29, 1.82) is 0 Å². The van der Waals surface area contributed by atoms with E-state index in [1.807, 2.05) is 13.0 Å². The maximum atomic E-state index is 13.2. The monoisotopic (exact) mass is 261 g/mol. The first-order valence-corrected chi connectivity index (χ1v) is 6.32. The average molecular weight is 261 g/mol. The third kappa shape index (κ3) is 3.78. The molecule has 0 fully saturated rings. The van der Waals surface area contributed by atoms with Crippen LogP contribution in [-0.2, 0) is 6.42 Å². The van der Waals surface area contributed by atoms with Crippen molar-refractivity contribution < 1.29 is 8.78 Å². The molecular formula is C16H17F2N. The molecule has 0 aliphatic rings. The third-order valence-electron chi connectivity index (χ3n) is 3.00. The average Bonchev–Trinajstić information content (AvgIpc) is 2.34. The van der Waals surface area contributed by atoms with Crippen molar-refractivity contribution in [1.82, 2.24) is 0 Å². The highest BCUT2D eigenvalue weighted by Gasteiger charge is 2.06. The van der Waals surface area contributed by atoms with Gasteiger partial charge in [-0.1, -0.05) is 12.1 Å². The molecule has 1 N–H and O–H groups in total. The summed E-state index contributed by atoms with van der Waals surface area (Å²) in [4.78, 5) is 0. The van der Waals surface area contributed by atoms with Gasteiger partial charge in [-0.05, 0) is 61.7 Å². The van der Waals surface area contributed by atoms with Crippen LogP contribution < -0.4 is 5.32 Å². The van der Waals surface area contributed by atoms with Gasteiger partial charge in [0.05, 0.1) is 0 Å². The Morgan fingerprint density at radius 3 is 2.58 bits per heavy atom. The largest absolute Gasteiger partial charge is 0.382 e. The fraction of sp³-hybridized carbons (Fsp3) is 0.250. The summed E-state index contributed by atoms with van der Waals surface area (Å²) in [5, 5.41) is 3.29. The van der Waals surface area contributed by atoms with Gasteiger partial charge in [-0.2, -0.15) is 0 Å². The van der Waals surface area contributed by atoms with Crippen LogP contribution in [0.25, 0.3) is 0 Å². The zero-order valence-electron chi connectivity index (χ0n) is 11.1. The lowest BCUT2D eigenvalue weighted by Gasteiger charge is -2.16. The van der Waals surface area contributed by atoms with Gasteiger partial charge in [-0.15, -0.1) is 0 Å². The zero-order chi connectivity index (χ0) is 13.8. The lowest BCUT2D eigenvalue weighted by Crippen LogP contribution is -2.18. The number of hydrogen-bond donors (Lipinski definition) is 1. The molecule has 1 unspecified atom stereocenters. The van der Waals surface area contributed by atoms with E-state index in [0.717, 1.165) is 11.3 Å². The van der Waals surface area contributed by atoms with Crippen LogP contribution in [0.3, 0.4) is 0 Å². The lowest BCUT2D eigenvalue weighted by molar-refractivity contribution is 0.618. The zero-order valence-corrected chi connectivity index (χ0v) is 11.1. The van der Waals surface area contributed by atoms with Crippen molar-refractivity contribution in [3.8, 4) is 0 Å². The summed E-state index contributed by atoms with van der Waals surface area (Å²) in [5.41, 5.74) is 2.43. The van der Waals surface area contributed by atoms with Gasteiger partial charge in [-0.25, -0.2) is 8.78 Å². The first-order chi connectivity index (χ1) is 9.04. The molecule has 0 saturated carbocycles. The van der Waals surface area contributed by atoms with Gasteiger partial charge in [0.15, 0.2) is 0 Å². The van der Waals surface area contributed by atoms with Crippen LogP contribution in [0.5, 0.6) is 0 Å². The minimum absolute atomic E-state index is 0.145. The quantitative estimate of drug-likeness (QED) is 0.864. The summed E-state index contributed by atoms with van der Waals surface area (Å²) in [6.07, 6.45) is 0.716. The van der Waals surface area contributed by atoms with Crippen molar-refractivity contribution in [2.24, 2.45) is 0 Å². The first kappa shape index (κ1) is 13.5. The second-order valence-electron chi connectivity index (χ2n) is 4.84. The second-order valence-corrected chi connectivity index (χ2v) is 4.84. The predicted octanol–water partition coefficient (Wildman–Crippen LogP) is 4.32. The summed E-state index contributed by atoms with van der Waals surface area (Å²) in [6.45, 7) is 3.75. The Morgan fingerprint density at radius 1 is 1.11 bits per heavy atom. The van der Waals surface area contributed by atoms with E-state index in [1.54, 1.807) is 25.1 Å². The molecule has 3 heteroatoms. The molecule has 1 atom stereocenters.